The first-order valence-corrected chi connectivity index (χ1v) is 9.60. The van der Waals surface area contributed by atoms with E-state index in [1.165, 1.54) is 32.5 Å². The molecule has 0 spiro atoms. The van der Waals surface area contributed by atoms with E-state index in [4.69, 9.17) is 0 Å². The second-order valence-corrected chi connectivity index (χ2v) is 7.69. The van der Waals surface area contributed by atoms with Crippen LogP contribution in [0, 0.1) is 12.8 Å². The average molecular weight is 343 g/mol. The third kappa shape index (κ3) is 3.80. The summed E-state index contributed by atoms with van der Waals surface area (Å²) in [6, 6.07) is 4.75. The van der Waals surface area contributed by atoms with Crippen LogP contribution in [0.3, 0.4) is 0 Å². The number of rotatable bonds is 3. The summed E-state index contributed by atoms with van der Waals surface area (Å²) in [5.74, 6) is 0.875. The molecule has 4 saturated heterocycles. The van der Waals surface area contributed by atoms with Crippen LogP contribution in [0.15, 0.2) is 18.3 Å². The van der Waals surface area contributed by atoms with Crippen LogP contribution in [0.25, 0.3) is 0 Å². The van der Waals surface area contributed by atoms with Gasteiger partial charge in [-0.1, -0.05) is 0 Å². The summed E-state index contributed by atoms with van der Waals surface area (Å²) in [5.41, 5.74) is 2.09. The lowest BCUT2D eigenvalue weighted by Gasteiger charge is -2.50. The predicted octanol–water partition coefficient (Wildman–Crippen LogP) is 1.31. The summed E-state index contributed by atoms with van der Waals surface area (Å²) in [4.78, 5) is 23.8. The number of amides is 2. The number of carbonyl (C=O) groups is 1. The van der Waals surface area contributed by atoms with Gasteiger partial charge in [-0.3, -0.25) is 9.88 Å². The summed E-state index contributed by atoms with van der Waals surface area (Å²) in [6.45, 7) is 10.1. The normalized spacial score (nSPS) is 29.6. The number of fused-ring (bicyclic) bond motifs is 3. The standard InChI is InChI=1S/C19H29N5O/c1-15-12-16(2-5-20-15)13-21-19(25)24-10-8-23(9-11-24)18-14-22-6-3-17(18)4-7-22/h2,5,12,17-18H,3-4,6-11,13-14H2,1H3,(H,21,25)/t18-/m0/s1. The highest BCUT2D eigenvalue weighted by molar-refractivity contribution is 5.74. The minimum atomic E-state index is 0.0584. The SMILES string of the molecule is Cc1cc(CNC(=O)N2CCN([C@H]3CN4CCC3CC4)CC2)ccn1. The van der Waals surface area contributed by atoms with Crippen LogP contribution in [0.2, 0.25) is 0 Å². The predicted molar refractivity (Wildman–Crippen MR) is 97.3 cm³/mol. The Hall–Kier alpha value is -1.66. The minimum absolute atomic E-state index is 0.0584. The molecule has 136 valence electrons. The Morgan fingerprint density at radius 3 is 2.60 bits per heavy atom. The molecule has 0 aromatic carbocycles. The molecule has 4 aliphatic rings. The van der Waals surface area contributed by atoms with Crippen molar-refractivity contribution in [2.75, 3.05) is 45.8 Å². The van der Waals surface area contributed by atoms with E-state index >= 15 is 0 Å². The second kappa shape index (κ2) is 7.30. The maximum atomic E-state index is 12.4. The number of carbonyl (C=O) groups excluding carboxylic acids is 1. The quantitative estimate of drug-likeness (QED) is 0.899. The molecule has 5 rings (SSSR count). The van der Waals surface area contributed by atoms with Gasteiger partial charge in [0, 0.05) is 57.2 Å². The highest BCUT2D eigenvalue weighted by Crippen LogP contribution is 2.31. The third-order valence-electron chi connectivity index (χ3n) is 6.10. The first kappa shape index (κ1) is 16.8. The van der Waals surface area contributed by atoms with Crippen molar-refractivity contribution in [1.29, 1.82) is 0 Å². The molecule has 25 heavy (non-hydrogen) atoms. The number of nitrogens with one attached hydrogen (secondary N) is 1. The van der Waals surface area contributed by atoms with Crippen LogP contribution < -0.4 is 5.32 Å². The molecule has 0 saturated carbocycles. The Morgan fingerprint density at radius 1 is 1.20 bits per heavy atom. The van der Waals surface area contributed by atoms with Crippen molar-refractivity contribution in [3.63, 3.8) is 0 Å². The van der Waals surface area contributed by atoms with Gasteiger partial charge in [0.05, 0.1) is 0 Å². The molecule has 6 heteroatoms. The molecule has 1 aromatic rings. The van der Waals surface area contributed by atoms with Crippen molar-refractivity contribution in [3.8, 4) is 0 Å². The van der Waals surface area contributed by atoms with E-state index in [2.05, 4.69) is 20.1 Å². The summed E-state index contributed by atoms with van der Waals surface area (Å²) < 4.78 is 0. The molecule has 6 nitrogen and oxygen atoms in total. The molecular weight excluding hydrogens is 314 g/mol. The Morgan fingerprint density at radius 2 is 1.96 bits per heavy atom. The van der Waals surface area contributed by atoms with Gasteiger partial charge in [-0.05, 0) is 56.5 Å². The van der Waals surface area contributed by atoms with Crippen molar-refractivity contribution in [2.24, 2.45) is 5.92 Å². The molecular formula is C19H29N5O. The number of aromatic nitrogens is 1. The Bertz CT molecular complexity index is 606. The van der Waals surface area contributed by atoms with Gasteiger partial charge in [0.2, 0.25) is 0 Å². The van der Waals surface area contributed by atoms with Gasteiger partial charge in [0.1, 0.15) is 0 Å². The first-order valence-electron chi connectivity index (χ1n) is 9.60. The van der Waals surface area contributed by atoms with E-state index in [-0.39, 0.29) is 6.03 Å². The number of pyridine rings is 1. The van der Waals surface area contributed by atoms with Crippen LogP contribution >= 0.6 is 0 Å². The number of aryl methyl sites for hydroxylation is 1. The van der Waals surface area contributed by atoms with Gasteiger partial charge in [-0.25, -0.2) is 4.79 Å². The Balaban J connectivity index is 1.25. The Labute approximate surface area is 150 Å². The maximum absolute atomic E-state index is 12.4. The Kier molecular flexibility index (Phi) is 4.90. The topological polar surface area (TPSA) is 51.7 Å². The molecule has 0 radical (unpaired) electrons. The summed E-state index contributed by atoms with van der Waals surface area (Å²) in [5, 5.41) is 3.05. The maximum Gasteiger partial charge on any atom is 0.317 e. The zero-order valence-corrected chi connectivity index (χ0v) is 15.2. The summed E-state index contributed by atoms with van der Waals surface area (Å²) in [7, 11) is 0. The van der Waals surface area contributed by atoms with Crippen LogP contribution in [0.4, 0.5) is 4.79 Å². The second-order valence-electron chi connectivity index (χ2n) is 7.69. The highest BCUT2D eigenvalue weighted by atomic mass is 16.2. The van der Waals surface area contributed by atoms with E-state index < -0.39 is 0 Å². The van der Waals surface area contributed by atoms with E-state index in [1.54, 1.807) is 6.20 Å². The number of hydrogen-bond acceptors (Lipinski definition) is 4. The monoisotopic (exact) mass is 343 g/mol. The average Bonchev–Trinajstić information content (AvgIpc) is 2.67. The molecule has 0 unspecified atom stereocenters. The van der Waals surface area contributed by atoms with E-state index in [1.807, 2.05) is 24.0 Å². The van der Waals surface area contributed by atoms with Crippen molar-refractivity contribution in [3.05, 3.63) is 29.6 Å². The molecule has 4 aliphatic heterocycles. The zero-order chi connectivity index (χ0) is 17.2. The number of nitrogens with zero attached hydrogens (tertiary/aromatic N) is 4. The summed E-state index contributed by atoms with van der Waals surface area (Å²) >= 11 is 0. The zero-order valence-electron chi connectivity index (χ0n) is 15.2. The molecule has 0 aliphatic carbocycles. The number of piperidine rings is 3. The number of piperazine rings is 1. The van der Waals surface area contributed by atoms with Gasteiger partial charge in [-0.15, -0.1) is 0 Å². The number of urea groups is 1. The minimum Gasteiger partial charge on any atom is -0.334 e. The fraction of sp³-hybridized carbons (Fsp3) is 0.684. The third-order valence-corrected chi connectivity index (χ3v) is 6.10. The molecule has 1 aromatic heterocycles. The fourth-order valence-electron chi connectivity index (χ4n) is 4.61. The van der Waals surface area contributed by atoms with Gasteiger partial charge >= 0.3 is 6.03 Å². The molecule has 5 heterocycles. The van der Waals surface area contributed by atoms with Crippen molar-refractivity contribution in [2.45, 2.75) is 32.4 Å². The van der Waals surface area contributed by atoms with E-state index in [9.17, 15) is 4.79 Å². The van der Waals surface area contributed by atoms with Gasteiger partial charge in [-0.2, -0.15) is 0 Å². The van der Waals surface area contributed by atoms with Gasteiger partial charge < -0.3 is 15.1 Å². The van der Waals surface area contributed by atoms with Crippen LogP contribution in [-0.4, -0.2) is 77.6 Å². The molecule has 4 fully saturated rings. The summed E-state index contributed by atoms with van der Waals surface area (Å²) in [6.07, 6.45) is 4.51. The molecule has 1 N–H and O–H groups in total. The van der Waals surface area contributed by atoms with Gasteiger partial charge in [0.15, 0.2) is 0 Å². The lowest BCUT2D eigenvalue weighted by atomic mass is 9.83. The molecule has 1 atom stereocenters. The van der Waals surface area contributed by atoms with E-state index in [0.29, 0.717) is 12.6 Å². The van der Waals surface area contributed by atoms with Crippen LogP contribution in [0.1, 0.15) is 24.1 Å². The van der Waals surface area contributed by atoms with Crippen LogP contribution in [-0.2, 0) is 6.54 Å². The lowest BCUT2D eigenvalue weighted by molar-refractivity contribution is -0.0103. The smallest absolute Gasteiger partial charge is 0.317 e. The lowest BCUT2D eigenvalue weighted by Crippen LogP contribution is -2.62. The fourth-order valence-corrected chi connectivity index (χ4v) is 4.61. The van der Waals surface area contributed by atoms with Crippen molar-refractivity contribution < 1.29 is 4.79 Å². The number of hydrogen-bond donors (Lipinski definition) is 1. The largest absolute Gasteiger partial charge is 0.334 e. The first-order chi connectivity index (χ1) is 12.2. The molecule has 2 bridgehead atoms. The van der Waals surface area contributed by atoms with E-state index in [0.717, 1.165) is 43.4 Å². The highest BCUT2D eigenvalue weighted by Gasteiger charge is 2.38. The molecule has 2 amide bonds. The van der Waals surface area contributed by atoms with Crippen LogP contribution in [0.5, 0.6) is 0 Å². The van der Waals surface area contributed by atoms with Crippen molar-refractivity contribution >= 4 is 6.03 Å². The van der Waals surface area contributed by atoms with Crippen molar-refractivity contribution in [1.82, 2.24) is 25.0 Å². The van der Waals surface area contributed by atoms with Gasteiger partial charge in [0.25, 0.3) is 0 Å².